The fraction of sp³-hybridized carbons (Fsp3) is 0.657. The van der Waals surface area contributed by atoms with E-state index in [0.717, 1.165) is 33.8 Å². The van der Waals surface area contributed by atoms with E-state index >= 15 is 0 Å². The molecule has 0 aromatic heterocycles. The zero-order chi connectivity index (χ0) is 33.8. The summed E-state index contributed by atoms with van der Waals surface area (Å²) >= 11 is 0. The van der Waals surface area contributed by atoms with Crippen molar-refractivity contribution in [2.75, 3.05) is 26.4 Å². The van der Waals surface area contributed by atoms with E-state index in [1.807, 2.05) is 0 Å². The summed E-state index contributed by atoms with van der Waals surface area (Å²) in [6.07, 6.45) is 0. The molecule has 0 atom stereocenters. The Bertz CT molecular complexity index is 1020. The number of aliphatic hydroxyl groups excluding tert-OH is 4. The quantitative estimate of drug-likeness (QED) is 0.199. The molecule has 0 fully saturated rings. The second-order valence-electron chi connectivity index (χ2n) is 15.9. The molecule has 8 heteroatoms. The molecule has 246 valence electrons. The van der Waals surface area contributed by atoms with Gasteiger partial charge in [-0.1, -0.05) is 118 Å². The van der Waals surface area contributed by atoms with Gasteiger partial charge >= 0.3 is 8.60 Å². The van der Waals surface area contributed by atoms with Gasteiger partial charge in [-0.05, 0) is 35.5 Å². The Morgan fingerprint density at radius 1 is 0.488 bits per heavy atom. The van der Waals surface area contributed by atoms with Gasteiger partial charge in [0, 0.05) is 22.3 Å². The van der Waals surface area contributed by atoms with E-state index in [9.17, 15) is 4.89 Å². The molecule has 0 aliphatic carbocycles. The summed E-state index contributed by atoms with van der Waals surface area (Å²) in [5.74, 6) is 1.47. The van der Waals surface area contributed by atoms with Gasteiger partial charge in [-0.3, -0.25) is 0 Å². The third-order valence-corrected chi connectivity index (χ3v) is 8.06. The van der Waals surface area contributed by atoms with Crippen LogP contribution in [0.4, 0.5) is 0 Å². The molecule has 2 aromatic carbocycles. The van der Waals surface area contributed by atoms with Crippen molar-refractivity contribution < 1.29 is 34.4 Å². The normalized spacial score (nSPS) is 13.1. The Hall–Kier alpha value is -1.73. The van der Waals surface area contributed by atoms with Crippen molar-refractivity contribution in [3.8, 4) is 11.5 Å². The molecule has 0 unspecified atom stereocenters. The van der Waals surface area contributed by atoms with Crippen LogP contribution in [0.25, 0.3) is 0 Å². The molecule has 2 rings (SSSR count). The molecule has 0 heterocycles. The Morgan fingerprint density at radius 3 is 0.837 bits per heavy atom. The minimum Gasteiger partial charge on any atom is -0.417 e. The minimum absolute atomic E-state index is 0.144. The van der Waals surface area contributed by atoms with E-state index in [2.05, 4.69) is 121 Å². The number of benzene rings is 2. The lowest BCUT2D eigenvalue weighted by molar-refractivity contribution is -0.0328. The van der Waals surface area contributed by atoms with Gasteiger partial charge in [0.15, 0.2) is 0 Å². The zero-order valence-corrected chi connectivity index (χ0v) is 30.0. The second kappa shape index (κ2) is 14.6. The predicted molar refractivity (Wildman–Crippen MR) is 178 cm³/mol. The molecule has 0 aliphatic heterocycles. The van der Waals surface area contributed by atoms with Crippen LogP contribution in [0.2, 0.25) is 0 Å². The van der Waals surface area contributed by atoms with Crippen molar-refractivity contribution in [1.29, 1.82) is 0 Å². The van der Waals surface area contributed by atoms with E-state index in [4.69, 9.17) is 29.5 Å². The Balaban J connectivity index is 0.000000887. The molecule has 43 heavy (non-hydrogen) atoms. The molecule has 0 aliphatic rings. The SMILES string of the molecule is Cc1cc(C(C)(C)C)c(OP(O)Oc2c(C(C)(C)C)cc(C)cc2C(C)(C)C)c(C(C)(C)C)c1.OCC(CO)(CO)CO. The lowest BCUT2D eigenvalue weighted by atomic mass is 9.78. The average Bonchev–Trinajstić information content (AvgIpc) is 2.85. The van der Waals surface area contributed by atoms with Gasteiger partial charge in [0.2, 0.25) is 0 Å². The Labute approximate surface area is 262 Å². The maximum Gasteiger partial charge on any atom is 0.460 e. The molecule has 0 saturated heterocycles. The van der Waals surface area contributed by atoms with Crippen molar-refractivity contribution >= 4 is 8.60 Å². The third-order valence-electron chi connectivity index (χ3n) is 7.38. The largest absolute Gasteiger partial charge is 0.460 e. The zero-order valence-electron chi connectivity index (χ0n) is 29.1. The summed E-state index contributed by atoms with van der Waals surface area (Å²) < 4.78 is 12.7. The highest BCUT2D eigenvalue weighted by molar-refractivity contribution is 7.41. The van der Waals surface area contributed by atoms with E-state index in [1.54, 1.807) is 0 Å². The lowest BCUT2D eigenvalue weighted by Gasteiger charge is -2.32. The topological polar surface area (TPSA) is 120 Å². The highest BCUT2D eigenvalue weighted by atomic mass is 31.2. The molecule has 0 saturated carbocycles. The molecule has 2 aromatic rings. The summed E-state index contributed by atoms with van der Waals surface area (Å²) in [4.78, 5) is 11.3. The van der Waals surface area contributed by atoms with Crippen molar-refractivity contribution in [2.45, 2.75) is 119 Å². The number of rotatable bonds is 8. The van der Waals surface area contributed by atoms with Gasteiger partial charge < -0.3 is 34.4 Å². The van der Waals surface area contributed by atoms with Gasteiger partial charge in [0.05, 0.1) is 31.8 Å². The maximum atomic E-state index is 11.3. The van der Waals surface area contributed by atoms with E-state index < -0.39 is 40.4 Å². The molecule has 7 nitrogen and oxygen atoms in total. The summed E-state index contributed by atoms with van der Waals surface area (Å²) in [6.45, 7) is 28.7. The molecule has 5 N–H and O–H groups in total. The summed E-state index contributed by atoms with van der Waals surface area (Å²) in [7, 11) is -2.21. The maximum absolute atomic E-state index is 11.3. The number of aliphatic hydroxyl groups is 4. The average molecular weight is 623 g/mol. The summed E-state index contributed by atoms with van der Waals surface area (Å²) in [5.41, 5.74) is 5.02. The number of hydrogen-bond acceptors (Lipinski definition) is 7. The Kier molecular flexibility index (Phi) is 13.3. The van der Waals surface area contributed by atoms with E-state index in [1.165, 1.54) is 11.1 Å². The monoisotopic (exact) mass is 622 g/mol. The first kappa shape index (κ1) is 39.3. The molecule has 0 amide bonds. The van der Waals surface area contributed by atoms with Gasteiger partial charge in [-0.2, -0.15) is 0 Å². The van der Waals surface area contributed by atoms with Crippen LogP contribution in [0.1, 0.15) is 116 Å². The fourth-order valence-electron chi connectivity index (χ4n) is 4.45. The van der Waals surface area contributed by atoms with Crippen LogP contribution in [-0.2, 0) is 21.7 Å². The molecule has 0 spiro atoms. The van der Waals surface area contributed by atoms with Crippen LogP contribution < -0.4 is 9.05 Å². The molecular weight excluding hydrogens is 563 g/mol. The highest BCUT2D eigenvalue weighted by Gasteiger charge is 2.33. The van der Waals surface area contributed by atoms with Crippen LogP contribution >= 0.6 is 8.60 Å². The lowest BCUT2D eigenvalue weighted by Crippen LogP contribution is -2.37. The molecule has 0 radical (unpaired) electrons. The van der Waals surface area contributed by atoms with Gasteiger partial charge in [-0.25, -0.2) is 0 Å². The van der Waals surface area contributed by atoms with Gasteiger partial charge in [-0.15, -0.1) is 0 Å². The van der Waals surface area contributed by atoms with Gasteiger partial charge in [0.25, 0.3) is 0 Å². The minimum atomic E-state index is -2.21. The fourth-order valence-corrected chi connectivity index (χ4v) is 5.19. The first-order chi connectivity index (χ1) is 19.4. The predicted octanol–water partition coefficient (Wildman–Crippen LogP) is 7.11. The third kappa shape index (κ3) is 10.7. The first-order valence-corrected chi connectivity index (χ1v) is 16.1. The number of hydrogen-bond donors (Lipinski definition) is 5. The van der Waals surface area contributed by atoms with Crippen molar-refractivity contribution in [2.24, 2.45) is 5.41 Å². The van der Waals surface area contributed by atoms with Crippen LogP contribution in [0.5, 0.6) is 11.5 Å². The highest BCUT2D eigenvalue weighted by Crippen LogP contribution is 2.50. The second-order valence-corrected chi connectivity index (χ2v) is 16.8. The summed E-state index contributed by atoms with van der Waals surface area (Å²) in [5, 5.41) is 34.0. The van der Waals surface area contributed by atoms with E-state index in [0.29, 0.717) is 0 Å². The first-order valence-electron chi connectivity index (χ1n) is 15.0. The van der Waals surface area contributed by atoms with Crippen LogP contribution in [-0.4, -0.2) is 51.7 Å². The molecular formula is C35H59O7P. The van der Waals surface area contributed by atoms with Crippen molar-refractivity contribution in [3.63, 3.8) is 0 Å². The Morgan fingerprint density at radius 2 is 0.698 bits per heavy atom. The molecule has 0 bridgehead atoms. The smallest absolute Gasteiger partial charge is 0.417 e. The summed E-state index contributed by atoms with van der Waals surface area (Å²) in [6, 6.07) is 8.67. The van der Waals surface area contributed by atoms with Gasteiger partial charge in [0.1, 0.15) is 11.5 Å². The van der Waals surface area contributed by atoms with Crippen LogP contribution in [0, 0.1) is 19.3 Å². The number of aryl methyl sites for hydroxylation is 2. The standard InChI is InChI=1S/C30H47O3P.C5H12O4/c1-19-15-21(27(3,4)5)25(22(16-19)28(6,7)8)32-34(31)33-26-23(29(9,10)11)17-20(2)18-24(26)30(12,13)14;6-1-5(2-7,3-8)4-9/h15-18,31H,1-14H3;6-9H,1-4H2. The van der Waals surface area contributed by atoms with E-state index in [-0.39, 0.29) is 21.7 Å². The van der Waals surface area contributed by atoms with Crippen molar-refractivity contribution in [3.05, 3.63) is 57.6 Å². The van der Waals surface area contributed by atoms with Crippen LogP contribution in [0.15, 0.2) is 24.3 Å². The van der Waals surface area contributed by atoms with Crippen LogP contribution in [0.3, 0.4) is 0 Å². The van der Waals surface area contributed by atoms with Crippen molar-refractivity contribution in [1.82, 2.24) is 0 Å².